The van der Waals surface area contributed by atoms with Gasteiger partial charge in [0.1, 0.15) is 18.8 Å². The second kappa shape index (κ2) is 9.73. The smallest absolute Gasteiger partial charge is 0.413 e. The highest BCUT2D eigenvalue weighted by molar-refractivity contribution is 9.11. The van der Waals surface area contributed by atoms with Crippen LogP contribution in [0.1, 0.15) is 26.3 Å². The van der Waals surface area contributed by atoms with Gasteiger partial charge in [-0.25, -0.2) is 14.6 Å². The van der Waals surface area contributed by atoms with Crippen LogP contribution < -0.4 is 19.7 Å². The number of aromatic nitrogens is 1. The molecule has 31 heavy (non-hydrogen) atoms. The van der Waals surface area contributed by atoms with Crippen molar-refractivity contribution in [2.24, 2.45) is 0 Å². The molecule has 2 heterocycles. The molecule has 2 N–H and O–H groups in total. The van der Waals surface area contributed by atoms with Gasteiger partial charge in [-0.2, -0.15) is 0 Å². The Bertz CT molecular complexity index is 945. The summed E-state index contributed by atoms with van der Waals surface area (Å²) in [5, 5.41) is 12.8. The fraction of sp³-hybridized carbons (Fsp3) is 0.450. The molecule has 0 bridgehead atoms. The van der Waals surface area contributed by atoms with Gasteiger partial charge in [-0.3, -0.25) is 4.90 Å². The van der Waals surface area contributed by atoms with Gasteiger partial charge in [0.25, 0.3) is 0 Å². The summed E-state index contributed by atoms with van der Waals surface area (Å²) in [4.78, 5) is 29.6. The molecule has 0 fully saturated rings. The van der Waals surface area contributed by atoms with Crippen molar-refractivity contribution in [1.29, 1.82) is 0 Å². The molecule has 9 nitrogen and oxygen atoms in total. The Kier molecular flexibility index (Phi) is 7.26. The number of thiazole rings is 1. The molecular formula is C20H24BrN3O6S. The van der Waals surface area contributed by atoms with E-state index in [2.05, 4.69) is 26.2 Å². The van der Waals surface area contributed by atoms with Crippen LogP contribution in [0.5, 0.6) is 11.5 Å². The van der Waals surface area contributed by atoms with Crippen molar-refractivity contribution in [3.63, 3.8) is 0 Å². The number of rotatable bonds is 6. The van der Waals surface area contributed by atoms with Gasteiger partial charge in [0.05, 0.1) is 22.6 Å². The molecule has 1 aliphatic rings. The van der Waals surface area contributed by atoms with E-state index < -0.39 is 23.8 Å². The Morgan fingerprint density at radius 3 is 2.65 bits per heavy atom. The minimum Gasteiger partial charge on any atom is -0.486 e. The average molecular weight is 514 g/mol. The Labute approximate surface area is 192 Å². The van der Waals surface area contributed by atoms with E-state index in [1.807, 2.05) is 12.1 Å². The summed E-state index contributed by atoms with van der Waals surface area (Å²) >= 11 is 4.49. The van der Waals surface area contributed by atoms with Crippen molar-refractivity contribution in [1.82, 2.24) is 10.3 Å². The number of nitrogens with zero attached hydrogens (tertiary/aromatic N) is 2. The number of benzene rings is 1. The van der Waals surface area contributed by atoms with Crippen LogP contribution in [0.2, 0.25) is 0 Å². The summed E-state index contributed by atoms with van der Waals surface area (Å²) in [6, 6.07) is 4.93. The number of ether oxygens (including phenoxy) is 3. The van der Waals surface area contributed by atoms with Crippen molar-refractivity contribution in [2.45, 2.75) is 38.8 Å². The summed E-state index contributed by atoms with van der Waals surface area (Å²) in [6.07, 6.45) is 0.0972. The first-order valence-electron chi connectivity index (χ1n) is 9.60. The van der Waals surface area contributed by atoms with Crippen LogP contribution >= 0.6 is 27.3 Å². The van der Waals surface area contributed by atoms with E-state index in [-0.39, 0.29) is 6.54 Å². The Hall–Kier alpha value is -2.53. The molecule has 0 unspecified atom stereocenters. The Morgan fingerprint density at radius 1 is 1.32 bits per heavy atom. The second-order valence-electron chi connectivity index (χ2n) is 7.87. The lowest BCUT2D eigenvalue weighted by Gasteiger charge is -2.27. The molecule has 0 aliphatic carbocycles. The SMILES string of the molecule is CC(C)(C)OC(=O)N[C@@H](Cc1ccc2c(c1)OCCO2)CN(C(=O)O)c1ncc(Br)s1. The number of fused-ring (bicyclic) bond motifs is 1. The van der Waals surface area contributed by atoms with Crippen molar-refractivity contribution in [3.8, 4) is 11.5 Å². The first-order valence-corrected chi connectivity index (χ1v) is 11.2. The maximum Gasteiger partial charge on any atom is 0.413 e. The van der Waals surface area contributed by atoms with Crippen molar-refractivity contribution >= 4 is 44.6 Å². The standard InChI is InChI=1S/C20H24BrN3O6S/c1-20(2,3)30-18(25)23-13(11-24(19(26)27)17-22-10-16(21)31-17)8-12-4-5-14-15(9-12)29-7-6-28-14/h4-5,9-10,13H,6-8,11H2,1-3H3,(H,23,25)(H,26,27)/t13-/m0/s1. The topological polar surface area (TPSA) is 110 Å². The number of alkyl carbamates (subject to hydrolysis) is 1. The van der Waals surface area contributed by atoms with E-state index >= 15 is 0 Å². The number of carbonyl (C=O) groups excluding carboxylic acids is 1. The maximum absolute atomic E-state index is 12.4. The van der Waals surface area contributed by atoms with Gasteiger partial charge in [-0.05, 0) is 60.8 Å². The second-order valence-corrected chi connectivity index (χ2v) is 10.3. The number of anilines is 1. The molecule has 1 aliphatic heterocycles. The summed E-state index contributed by atoms with van der Waals surface area (Å²) < 4.78 is 17.2. The Balaban J connectivity index is 1.81. The molecule has 168 valence electrons. The van der Waals surface area contributed by atoms with Crippen LogP contribution in [-0.2, 0) is 11.2 Å². The first-order chi connectivity index (χ1) is 14.6. The number of hydrogen-bond acceptors (Lipinski definition) is 7. The number of carboxylic acid groups (broad SMARTS) is 1. The molecule has 0 radical (unpaired) electrons. The quantitative estimate of drug-likeness (QED) is 0.592. The fourth-order valence-electron chi connectivity index (χ4n) is 2.96. The molecule has 1 aromatic carbocycles. The average Bonchev–Trinajstić information content (AvgIpc) is 3.10. The molecule has 11 heteroatoms. The normalized spacial score (nSPS) is 13.9. The van der Waals surface area contributed by atoms with E-state index in [1.54, 1.807) is 26.8 Å². The molecular weight excluding hydrogens is 490 g/mol. The summed E-state index contributed by atoms with van der Waals surface area (Å²) in [6.45, 7) is 6.23. The van der Waals surface area contributed by atoms with Crippen LogP contribution in [-0.4, -0.2) is 53.7 Å². The number of amides is 2. The Morgan fingerprint density at radius 2 is 2.03 bits per heavy atom. The zero-order valence-electron chi connectivity index (χ0n) is 17.4. The third-order valence-corrected chi connectivity index (χ3v) is 5.64. The molecule has 0 saturated carbocycles. The fourth-order valence-corrected chi connectivity index (χ4v) is 4.15. The van der Waals surface area contributed by atoms with E-state index in [1.165, 1.54) is 17.5 Å². The number of halogens is 1. The highest BCUT2D eigenvalue weighted by atomic mass is 79.9. The minimum absolute atomic E-state index is 0.0109. The van der Waals surface area contributed by atoms with Crippen LogP contribution in [0.4, 0.5) is 14.7 Å². The third-order valence-electron chi connectivity index (χ3n) is 4.14. The van der Waals surface area contributed by atoms with Crippen LogP contribution in [0, 0.1) is 0 Å². The van der Waals surface area contributed by atoms with Crippen molar-refractivity contribution in [2.75, 3.05) is 24.7 Å². The molecule has 0 spiro atoms. The van der Waals surface area contributed by atoms with Gasteiger partial charge in [0.2, 0.25) is 0 Å². The number of carbonyl (C=O) groups is 2. The molecule has 1 atom stereocenters. The first kappa shape index (κ1) is 23.1. The molecule has 1 aromatic heterocycles. The third kappa shape index (κ3) is 6.73. The van der Waals surface area contributed by atoms with Gasteiger partial charge in [-0.15, -0.1) is 0 Å². The molecule has 2 amide bonds. The van der Waals surface area contributed by atoms with E-state index in [0.717, 1.165) is 10.5 Å². The highest BCUT2D eigenvalue weighted by Gasteiger charge is 2.26. The van der Waals surface area contributed by atoms with Crippen LogP contribution in [0.3, 0.4) is 0 Å². The van der Waals surface area contributed by atoms with Gasteiger partial charge >= 0.3 is 12.2 Å². The largest absolute Gasteiger partial charge is 0.486 e. The number of hydrogen-bond donors (Lipinski definition) is 2. The zero-order valence-corrected chi connectivity index (χ0v) is 19.8. The monoisotopic (exact) mass is 513 g/mol. The predicted molar refractivity (Wildman–Crippen MR) is 119 cm³/mol. The number of nitrogens with one attached hydrogen (secondary N) is 1. The lowest BCUT2D eigenvalue weighted by Crippen LogP contribution is -2.48. The molecule has 2 aromatic rings. The van der Waals surface area contributed by atoms with E-state index in [4.69, 9.17) is 14.2 Å². The summed E-state index contributed by atoms with van der Waals surface area (Å²) in [5.41, 5.74) is 0.175. The van der Waals surface area contributed by atoms with Crippen molar-refractivity contribution in [3.05, 3.63) is 33.7 Å². The van der Waals surface area contributed by atoms with Gasteiger partial charge in [0.15, 0.2) is 16.6 Å². The summed E-state index contributed by atoms with van der Waals surface area (Å²) in [7, 11) is 0. The van der Waals surface area contributed by atoms with Gasteiger partial charge < -0.3 is 24.6 Å². The maximum atomic E-state index is 12.4. The van der Waals surface area contributed by atoms with E-state index in [0.29, 0.717) is 40.1 Å². The molecule has 3 rings (SSSR count). The lowest BCUT2D eigenvalue weighted by atomic mass is 10.0. The van der Waals surface area contributed by atoms with Gasteiger partial charge in [-0.1, -0.05) is 17.4 Å². The predicted octanol–water partition coefficient (Wildman–Crippen LogP) is 4.30. The van der Waals surface area contributed by atoms with Crippen molar-refractivity contribution < 1.29 is 28.9 Å². The lowest BCUT2D eigenvalue weighted by molar-refractivity contribution is 0.0505. The van der Waals surface area contributed by atoms with E-state index in [9.17, 15) is 14.7 Å². The highest BCUT2D eigenvalue weighted by Crippen LogP contribution is 2.31. The van der Waals surface area contributed by atoms with Crippen LogP contribution in [0.25, 0.3) is 0 Å². The van der Waals surface area contributed by atoms with Gasteiger partial charge in [0, 0.05) is 0 Å². The molecule has 0 saturated heterocycles. The summed E-state index contributed by atoms with van der Waals surface area (Å²) in [5.74, 6) is 1.28. The van der Waals surface area contributed by atoms with Crippen LogP contribution in [0.15, 0.2) is 28.2 Å². The minimum atomic E-state index is -1.17. The zero-order chi connectivity index (χ0) is 22.6.